The van der Waals surface area contributed by atoms with Gasteiger partial charge in [0.25, 0.3) is 5.91 Å². The highest BCUT2D eigenvalue weighted by molar-refractivity contribution is 5.92. The fourth-order valence-corrected chi connectivity index (χ4v) is 3.71. The summed E-state index contributed by atoms with van der Waals surface area (Å²) in [5.74, 6) is -0.203. The van der Waals surface area contributed by atoms with Gasteiger partial charge in [0.05, 0.1) is 17.8 Å². The largest absolute Gasteiger partial charge is 0.355 e. The molecule has 0 saturated carbocycles. The zero-order valence-electron chi connectivity index (χ0n) is 15.6. The lowest BCUT2D eigenvalue weighted by molar-refractivity contribution is -0.126. The second-order valence-corrected chi connectivity index (χ2v) is 7.33. The van der Waals surface area contributed by atoms with Crippen molar-refractivity contribution >= 4 is 11.8 Å². The molecular weight excluding hydrogens is 330 g/mol. The third-order valence-corrected chi connectivity index (χ3v) is 5.26. The SMILES string of the molecule is Cc1cnc(C(=O)N2CCCC(C(=O)NCCN3CCCCC3)C2)cn1. The Hall–Kier alpha value is -2.02. The van der Waals surface area contributed by atoms with Gasteiger partial charge in [0.15, 0.2) is 0 Å². The Morgan fingerprint density at radius 3 is 2.65 bits per heavy atom. The van der Waals surface area contributed by atoms with Gasteiger partial charge in [-0.15, -0.1) is 0 Å². The summed E-state index contributed by atoms with van der Waals surface area (Å²) in [7, 11) is 0. The van der Waals surface area contributed by atoms with Gasteiger partial charge in [0, 0.05) is 32.4 Å². The van der Waals surface area contributed by atoms with E-state index in [4.69, 9.17) is 0 Å². The summed E-state index contributed by atoms with van der Waals surface area (Å²) < 4.78 is 0. The van der Waals surface area contributed by atoms with Gasteiger partial charge in [0.2, 0.25) is 5.91 Å². The lowest BCUT2D eigenvalue weighted by Crippen LogP contribution is -2.47. The number of nitrogens with one attached hydrogen (secondary N) is 1. The minimum Gasteiger partial charge on any atom is -0.355 e. The first-order chi connectivity index (χ1) is 12.6. The number of hydrogen-bond acceptors (Lipinski definition) is 5. The smallest absolute Gasteiger partial charge is 0.274 e. The highest BCUT2D eigenvalue weighted by atomic mass is 16.2. The molecule has 1 N–H and O–H groups in total. The second-order valence-electron chi connectivity index (χ2n) is 7.33. The number of nitrogens with zero attached hydrogens (tertiary/aromatic N) is 4. The average molecular weight is 359 g/mol. The number of aryl methyl sites for hydroxylation is 1. The van der Waals surface area contributed by atoms with Crippen LogP contribution in [0, 0.1) is 12.8 Å². The Bertz CT molecular complexity index is 613. The monoisotopic (exact) mass is 359 g/mol. The molecule has 1 atom stereocenters. The number of aromatic nitrogens is 2. The van der Waals surface area contributed by atoms with Crippen LogP contribution in [0.15, 0.2) is 12.4 Å². The van der Waals surface area contributed by atoms with Gasteiger partial charge in [-0.3, -0.25) is 14.6 Å². The maximum Gasteiger partial charge on any atom is 0.274 e. The van der Waals surface area contributed by atoms with E-state index in [0.29, 0.717) is 25.3 Å². The lowest BCUT2D eigenvalue weighted by Gasteiger charge is -2.32. The number of likely N-dealkylation sites (tertiary alicyclic amines) is 2. The molecule has 2 aliphatic heterocycles. The zero-order chi connectivity index (χ0) is 18.4. The van der Waals surface area contributed by atoms with Crippen LogP contribution >= 0.6 is 0 Å². The van der Waals surface area contributed by atoms with Gasteiger partial charge in [-0.25, -0.2) is 4.98 Å². The maximum absolute atomic E-state index is 12.6. The van der Waals surface area contributed by atoms with Gasteiger partial charge < -0.3 is 15.1 Å². The standard InChI is InChI=1S/C19H29N5O2/c1-15-12-22-17(13-21-15)19(26)24-10-5-6-16(14-24)18(25)20-7-11-23-8-3-2-4-9-23/h12-13,16H,2-11,14H2,1H3,(H,20,25). The van der Waals surface area contributed by atoms with Gasteiger partial charge >= 0.3 is 0 Å². The molecule has 26 heavy (non-hydrogen) atoms. The summed E-state index contributed by atoms with van der Waals surface area (Å²) in [6, 6.07) is 0. The number of rotatable bonds is 5. The topological polar surface area (TPSA) is 78.4 Å². The number of hydrogen-bond donors (Lipinski definition) is 1. The van der Waals surface area contributed by atoms with Gasteiger partial charge in [0.1, 0.15) is 5.69 Å². The first-order valence-electron chi connectivity index (χ1n) is 9.71. The Kier molecular flexibility index (Phi) is 6.55. The lowest BCUT2D eigenvalue weighted by atomic mass is 9.97. The summed E-state index contributed by atoms with van der Waals surface area (Å²) in [6.45, 7) is 6.85. The van der Waals surface area contributed by atoms with Crippen molar-refractivity contribution in [2.75, 3.05) is 39.3 Å². The van der Waals surface area contributed by atoms with Crippen molar-refractivity contribution in [3.8, 4) is 0 Å². The van der Waals surface area contributed by atoms with Crippen molar-refractivity contribution in [2.45, 2.75) is 39.0 Å². The van der Waals surface area contributed by atoms with Gasteiger partial charge in [-0.1, -0.05) is 6.42 Å². The van der Waals surface area contributed by atoms with E-state index in [-0.39, 0.29) is 17.7 Å². The van der Waals surface area contributed by atoms with Crippen LogP contribution in [-0.4, -0.2) is 70.9 Å². The van der Waals surface area contributed by atoms with E-state index in [1.165, 1.54) is 25.5 Å². The van der Waals surface area contributed by atoms with Gasteiger partial charge in [-0.05, 0) is 45.7 Å². The molecule has 3 rings (SSSR count). The van der Waals surface area contributed by atoms with E-state index >= 15 is 0 Å². The van der Waals surface area contributed by atoms with Crippen molar-refractivity contribution in [2.24, 2.45) is 5.92 Å². The van der Waals surface area contributed by atoms with Crippen LogP contribution in [0.1, 0.15) is 48.3 Å². The summed E-state index contributed by atoms with van der Waals surface area (Å²) in [5.41, 5.74) is 1.13. The Morgan fingerprint density at radius 2 is 1.92 bits per heavy atom. The number of carbonyl (C=O) groups is 2. The van der Waals surface area contributed by atoms with Crippen LogP contribution in [-0.2, 0) is 4.79 Å². The molecular formula is C19H29N5O2. The predicted molar refractivity (Wildman–Crippen MR) is 98.7 cm³/mol. The molecule has 0 spiro atoms. The van der Waals surface area contributed by atoms with Crippen LogP contribution < -0.4 is 5.32 Å². The molecule has 3 heterocycles. The summed E-state index contributed by atoms with van der Waals surface area (Å²) in [6.07, 6.45) is 8.63. The summed E-state index contributed by atoms with van der Waals surface area (Å²) >= 11 is 0. The molecule has 2 aliphatic rings. The first-order valence-corrected chi connectivity index (χ1v) is 9.71. The predicted octanol–water partition coefficient (Wildman–Crippen LogP) is 1.24. The molecule has 1 aromatic rings. The molecule has 0 aliphatic carbocycles. The van der Waals surface area contributed by atoms with E-state index < -0.39 is 0 Å². The highest BCUT2D eigenvalue weighted by Crippen LogP contribution is 2.18. The van der Waals surface area contributed by atoms with E-state index in [2.05, 4.69) is 20.2 Å². The Labute approximate surface area is 155 Å². The van der Waals surface area contributed by atoms with Crippen LogP contribution in [0.3, 0.4) is 0 Å². The third kappa shape index (κ3) is 5.00. The molecule has 2 fully saturated rings. The van der Waals surface area contributed by atoms with E-state index in [1.54, 1.807) is 11.1 Å². The number of amides is 2. The molecule has 2 amide bonds. The first kappa shape index (κ1) is 18.8. The van der Waals surface area contributed by atoms with Crippen molar-refractivity contribution in [1.82, 2.24) is 25.1 Å². The zero-order valence-corrected chi connectivity index (χ0v) is 15.6. The molecule has 7 nitrogen and oxygen atoms in total. The molecule has 0 radical (unpaired) electrons. The molecule has 2 saturated heterocycles. The fraction of sp³-hybridized carbons (Fsp3) is 0.684. The maximum atomic E-state index is 12.6. The average Bonchev–Trinajstić information content (AvgIpc) is 2.69. The number of carbonyl (C=O) groups excluding carboxylic acids is 2. The normalized spacial score (nSPS) is 21.4. The van der Waals surface area contributed by atoms with E-state index in [1.807, 2.05) is 6.92 Å². The molecule has 0 aromatic carbocycles. The third-order valence-electron chi connectivity index (χ3n) is 5.26. The van der Waals surface area contributed by atoms with Crippen molar-refractivity contribution < 1.29 is 9.59 Å². The number of piperidine rings is 2. The molecule has 0 bridgehead atoms. The minimum absolute atomic E-state index is 0.0644. The Morgan fingerprint density at radius 1 is 1.12 bits per heavy atom. The molecule has 142 valence electrons. The van der Waals surface area contributed by atoms with Crippen LogP contribution in [0.5, 0.6) is 0 Å². The van der Waals surface area contributed by atoms with Crippen LogP contribution in [0.25, 0.3) is 0 Å². The fourth-order valence-electron chi connectivity index (χ4n) is 3.71. The molecule has 1 aromatic heterocycles. The van der Waals surface area contributed by atoms with Crippen molar-refractivity contribution in [1.29, 1.82) is 0 Å². The quantitative estimate of drug-likeness (QED) is 0.856. The van der Waals surface area contributed by atoms with Crippen LogP contribution in [0.2, 0.25) is 0 Å². The van der Waals surface area contributed by atoms with Crippen LogP contribution in [0.4, 0.5) is 0 Å². The van der Waals surface area contributed by atoms with E-state index in [9.17, 15) is 9.59 Å². The van der Waals surface area contributed by atoms with Crippen molar-refractivity contribution in [3.63, 3.8) is 0 Å². The molecule has 7 heteroatoms. The summed E-state index contributed by atoms with van der Waals surface area (Å²) in [4.78, 5) is 37.5. The van der Waals surface area contributed by atoms with E-state index in [0.717, 1.165) is 38.2 Å². The Balaban J connectivity index is 1.46. The minimum atomic E-state index is -0.136. The van der Waals surface area contributed by atoms with Gasteiger partial charge in [-0.2, -0.15) is 0 Å². The molecule has 1 unspecified atom stereocenters. The summed E-state index contributed by atoms with van der Waals surface area (Å²) in [5, 5.41) is 3.06. The second kappa shape index (κ2) is 9.07. The highest BCUT2D eigenvalue weighted by Gasteiger charge is 2.29. The van der Waals surface area contributed by atoms with Crippen molar-refractivity contribution in [3.05, 3.63) is 23.8 Å².